The van der Waals surface area contributed by atoms with Crippen molar-refractivity contribution in [1.29, 1.82) is 0 Å². The number of anilines is 2. The molecule has 1 N–H and O–H groups in total. The highest BCUT2D eigenvalue weighted by molar-refractivity contribution is 6.04. The highest BCUT2D eigenvalue weighted by Gasteiger charge is 2.29. The molecular weight excluding hydrogens is 402 g/mol. The molecule has 2 amide bonds. The minimum Gasteiger partial charge on any atom is -0.359 e. The van der Waals surface area contributed by atoms with Crippen LogP contribution in [-0.2, 0) is 11.3 Å². The van der Waals surface area contributed by atoms with Crippen LogP contribution in [0.15, 0.2) is 67.1 Å². The molecule has 7 nitrogen and oxygen atoms in total. The van der Waals surface area contributed by atoms with Gasteiger partial charge in [0.25, 0.3) is 5.91 Å². The van der Waals surface area contributed by atoms with Gasteiger partial charge >= 0.3 is 0 Å². The summed E-state index contributed by atoms with van der Waals surface area (Å²) in [5.41, 5.74) is 3.48. The van der Waals surface area contributed by atoms with E-state index in [0.717, 1.165) is 18.4 Å². The van der Waals surface area contributed by atoms with Crippen molar-refractivity contribution < 1.29 is 9.59 Å². The van der Waals surface area contributed by atoms with Gasteiger partial charge < -0.3 is 15.1 Å². The monoisotopic (exact) mass is 427 g/mol. The lowest BCUT2D eigenvalue weighted by atomic mass is 9.90. The third-order valence-corrected chi connectivity index (χ3v) is 6.26. The van der Waals surface area contributed by atoms with Crippen molar-refractivity contribution in [3.63, 3.8) is 0 Å². The Bertz CT molecular complexity index is 1110. The normalized spacial score (nSPS) is 16.4. The van der Waals surface area contributed by atoms with E-state index < -0.39 is 0 Å². The fraction of sp³-hybridized carbons (Fsp3) is 0.280. The van der Waals surface area contributed by atoms with Gasteiger partial charge in [-0.25, -0.2) is 4.98 Å². The second kappa shape index (κ2) is 8.78. The zero-order chi connectivity index (χ0) is 21.9. The second-order valence-corrected chi connectivity index (χ2v) is 8.26. The van der Waals surface area contributed by atoms with Crippen molar-refractivity contribution in [1.82, 2.24) is 14.9 Å². The smallest absolute Gasteiger partial charge is 0.255 e. The summed E-state index contributed by atoms with van der Waals surface area (Å²) < 4.78 is 0. The van der Waals surface area contributed by atoms with Gasteiger partial charge in [-0.3, -0.25) is 14.6 Å². The number of piperidine rings is 1. The minimum absolute atomic E-state index is 0.0360. The predicted octanol–water partition coefficient (Wildman–Crippen LogP) is 3.46. The van der Waals surface area contributed by atoms with Gasteiger partial charge in [0.1, 0.15) is 0 Å². The van der Waals surface area contributed by atoms with Crippen molar-refractivity contribution in [2.75, 3.05) is 29.9 Å². The Morgan fingerprint density at radius 1 is 1.06 bits per heavy atom. The summed E-state index contributed by atoms with van der Waals surface area (Å²) in [4.78, 5) is 38.0. The van der Waals surface area contributed by atoms with Gasteiger partial charge in [-0.15, -0.1) is 0 Å². The molecule has 2 aliphatic heterocycles. The first-order valence-corrected chi connectivity index (χ1v) is 11.0. The Labute approximate surface area is 187 Å². The summed E-state index contributed by atoms with van der Waals surface area (Å²) in [5.74, 6) is 1.01. The molecule has 162 valence electrons. The van der Waals surface area contributed by atoms with Gasteiger partial charge in [0, 0.05) is 31.7 Å². The van der Waals surface area contributed by atoms with E-state index in [4.69, 9.17) is 0 Å². The molecule has 3 aromatic rings. The van der Waals surface area contributed by atoms with Crippen molar-refractivity contribution in [2.45, 2.75) is 25.3 Å². The number of aromatic nitrogens is 2. The van der Waals surface area contributed by atoms with Gasteiger partial charge in [-0.05, 0) is 48.1 Å². The minimum atomic E-state index is -0.0362. The van der Waals surface area contributed by atoms with Gasteiger partial charge in [0.15, 0.2) is 5.82 Å². The Kier molecular flexibility index (Phi) is 5.54. The number of pyridine rings is 2. The van der Waals surface area contributed by atoms with Gasteiger partial charge in [0.2, 0.25) is 5.91 Å². The number of nitrogens with one attached hydrogen (secondary N) is 1. The maximum Gasteiger partial charge on any atom is 0.255 e. The van der Waals surface area contributed by atoms with Crippen LogP contribution in [0.2, 0.25) is 0 Å². The van der Waals surface area contributed by atoms with Crippen LogP contribution in [0.25, 0.3) is 0 Å². The number of hydrogen-bond acceptors (Lipinski definition) is 5. The maximum atomic E-state index is 13.2. The zero-order valence-corrected chi connectivity index (χ0v) is 17.8. The SMILES string of the molecule is O=C(c1cnc2c(c1)N(Cc1ccccc1)C(=O)CN2)N1CCC(c2ccncc2)CC1. The lowest BCUT2D eigenvalue weighted by molar-refractivity contribution is -0.117. The summed E-state index contributed by atoms with van der Waals surface area (Å²) in [7, 11) is 0. The van der Waals surface area contributed by atoms with E-state index >= 15 is 0 Å². The van der Waals surface area contributed by atoms with E-state index in [2.05, 4.69) is 27.4 Å². The summed E-state index contributed by atoms with van der Waals surface area (Å²) in [5, 5.41) is 3.07. The number of rotatable bonds is 4. The summed E-state index contributed by atoms with van der Waals surface area (Å²) in [6.07, 6.45) is 7.10. The molecule has 7 heteroatoms. The van der Waals surface area contributed by atoms with Crippen molar-refractivity contribution >= 4 is 23.3 Å². The van der Waals surface area contributed by atoms with Crippen molar-refractivity contribution in [3.8, 4) is 0 Å². The number of nitrogens with zero attached hydrogens (tertiary/aromatic N) is 4. The van der Waals surface area contributed by atoms with Crippen molar-refractivity contribution in [2.24, 2.45) is 0 Å². The van der Waals surface area contributed by atoms with E-state index in [9.17, 15) is 9.59 Å². The van der Waals surface area contributed by atoms with E-state index in [0.29, 0.717) is 42.6 Å². The molecule has 2 aliphatic rings. The Balaban J connectivity index is 1.33. The fourth-order valence-electron chi connectivity index (χ4n) is 4.47. The lowest BCUT2D eigenvalue weighted by Crippen LogP contribution is -2.41. The Morgan fingerprint density at radius 3 is 2.56 bits per heavy atom. The molecular formula is C25H25N5O2. The lowest BCUT2D eigenvalue weighted by Gasteiger charge is -2.33. The number of likely N-dealkylation sites (tertiary alicyclic amines) is 1. The number of benzene rings is 1. The Hall–Kier alpha value is -3.74. The highest BCUT2D eigenvalue weighted by atomic mass is 16.2. The maximum absolute atomic E-state index is 13.2. The molecule has 0 aliphatic carbocycles. The van der Waals surface area contributed by atoms with E-state index in [1.165, 1.54) is 5.56 Å². The highest BCUT2D eigenvalue weighted by Crippen LogP contribution is 2.32. The third kappa shape index (κ3) is 4.06. The molecule has 4 heterocycles. The fourth-order valence-corrected chi connectivity index (χ4v) is 4.47. The summed E-state index contributed by atoms with van der Waals surface area (Å²) >= 11 is 0. The van der Waals surface area contributed by atoms with E-state index in [-0.39, 0.29) is 18.4 Å². The van der Waals surface area contributed by atoms with Crippen LogP contribution in [0.4, 0.5) is 11.5 Å². The summed E-state index contributed by atoms with van der Waals surface area (Å²) in [6, 6.07) is 15.8. The molecule has 1 saturated heterocycles. The number of fused-ring (bicyclic) bond motifs is 1. The molecule has 0 saturated carbocycles. The number of carbonyl (C=O) groups is 2. The molecule has 2 aromatic heterocycles. The number of hydrogen-bond donors (Lipinski definition) is 1. The second-order valence-electron chi connectivity index (χ2n) is 8.26. The van der Waals surface area contributed by atoms with E-state index in [1.807, 2.05) is 47.6 Å². The molecule has 0 spiro atoms. The first kappa shape index (κ1) is 20.2. The quantitative estimate of drug-likeness (QED) is 0.690. The van der Waals surface area contributed by atoms with Crippen LogP contribution in [-0.4, -0.2) is 46.3 Å². The predicted molar refractivity (Wildman–Crippen MR) is 122 cm³/mol. The van der Waals surface area contributed by atoms with Crippen LogP contribution in [0.3, 0.4) is 0 Å². The largest absolute Gasteiger partial charge is 0.359 e. The molecule has 1 aromatic carbocycles. The molecule has 0 bridgehead atoms. The van der Waals surface area contributed by atoms with Gasteiger partial charge in [-0.2, -0.15) is 0 Å². The first-order chi connectivity index (χ1) is 15.7. The molecule has 0 unspecified atom stereocenters. The van der Waals surface area contributed by atoms with Crippen LogP contribution in [0.5, 0.6) is 0 Å². The average Bonchev–Trinajstić information content (AvgIpc) is 2.86. The molecule has 5 rings (SSSR count). The molecule has 1 fully saturated rings. The Morgan fingerprint density at radius 2 is 1.81 bits per heavy atom. The van der Waals surface area contributed by atoms with Gasteiger partial charge in [0.05, 0.1) is 24.3 Å². The topological polar surface area (TPSA) is 78.4 Å². The van der Waals surface area contributed by atoms with E-state index in [1.54, 1.807) is 17.2 Å². The van der Waals surface area contributed by atoms with Gasteiger partial charge in [-0.1, -0.05) is 30.3 Å². The van der Waals surface area contributed by atoms with Crippen molar-refractivity contribution in [3.05, 3.63) is 83.8 Å². The van der Waals surface area contributed by atoms with Crippen LogP contribution in [0, 0.1) is 0 Å². The van der Waals surface area contributed by atoms with Crippen LogP contribution in [0.1, 0.15) is 40.2 Å². The van der Waals surface area contributed by atoms with Crippen LogP contribution >= 0.6 is 0 Å². The number of amides is 2. The first-order valence-electron chi connectivity index (χ1n) is 11.0. The molecule has 32 heavy (non-hydrogen) atoms. The standard InChI is InChI=1S/C25H25N5O2/c31-23-16-28-24-22(30(23)17-18-4-2-1-3-5-18)14-21(15-27-24)25(32)29-12-8-20(9-13-29)19-6-10-26-11-7-19/h1-7,10-11,14-15,20H,8-9,12-13,16-17H2,(H,27,28). The molecule has 0 atom stereocenters. The summed E-state index contributed by atoms with van der Waals surface area (Å²) in [6.45, 7) is 2.05. The third-order valence-electron chi connectivity index (χ3n) is 6.26. The molecule has 0 radical (unpaired) electrons. The zero-order valence-electron chi connectivity index (χ0n) is 17.8. The number of carbonyl (C=O) groups excluding carboxylic acids is 2. The van der Waals surface area contributed by atoms with Crippen LogP contribution < -0.4 is 10.2 Å². The average molecular weight is 428 g/mol.